The molecule has 1 aromatic carbocycles. The molecule has 2 N–H and O–H groups in total. The van der Waals surface area contributed by atoms with Crippen LogP contribution in [0.4, 0.5) is 0 Å². The summed E-state index contributed by atoms with van der Waals surface area (Å²) in [6.45, 7) is 8.35. The molecular formula is C15H20N2S. The molecule has 0 saturated carbocycles. The lowest BCUT2D eigenvalue weighted by atomic mass is 10.0. The fourth-order valence-electron chi connectivity index (χ4n) is 1.77. The smallest absolute Gasteiger partial charge is 0.113 e. The molecule has 18 heavy (non-hydrogen) atoms. The summed E-state index contributed by atoms with van der Waals surface area (Å²) in [4.78, 5) is 5.98. The number of rotatable bonds is 3. The van der Waals surface area contributed by atoms with Crippen LogP contribution in [-0.4, -0.2) is 4.98 Å². The number of benzene rings is 1. The van der Waals surface area contributed by atoms with E-state index in [1.54, 1.807) is 11.3 Å². The minimum Gasteiger partial charge on any atom is -0.320 e. The fraction of sp³-hybridized carbons (Fsp3) is 0.400. The molecule has 0 radical (unpaired) electrons. The summed E-state index contributed by atoms with van der Waals surface area (Å²) in [6, 6.07) is 8.49. The van der Waals surface area contributed by atoms with Crippen LogP contribution in [0.3, 0.4) is 0 Å². The van der Waals surface area contributed by atoms with E-state index in [4.69, 9.17) is 10.7 Å². The maximum atomic E-state index is 6.27. The Labute approximate surface area is 113 Å². The van der Waals surface area contributed by atoms with Crippen LogP contribution in [0.5, 0.6) is 0 Å². The molecule has 1 aromatic heterocycles. The second-order valence-electron chi connectivity index (χ2n) is 5.06. The monoisotopic (exact) mass is 260 g/mol. The molecule has 0 aliphatic carbocycles. The first-order valence-corrected chi connectivity index (χ1v) is 7.09. The third-order valence-corrected chi connectivity index (χ3v) is 4.60. The van der Waals surface area contributed by atoms with Gasteiger partial charge in [-0.05, 0) is 27.2 Å². The maximum Gasteiger partial charge on any atom is 0.113 e. The van der Waals surface area contributed by atoms with Crippen molar-refractivity contribution in [2.75, 3.05) is 0 Å². The Morgan fingerprint density at radius 2 is 1.83 bits per heavy atom. The van der Waals surface area contributed by atoms with Crippen molar-refractivity contribution < 1.29 is 0 Å². The topological polar surface area (TPSA) is 38.9 Å². The Bertz CT molecular complexity index is 538. The van der Waals surface area contributed by atoms with Crippen LogP contribution in [0.15, 0.2) is 24.3 Å². The van der Waals surface area contributed by atoms with Gasteiger partial charge >= 0.3 is 0 Å². The van der Waals surface area contributed by atoms with Gasteiger partial charge in [0, 0.05) is 10.4 Å². The first-order valence-electron chi connectivity index (χ1n) is 6.28. The molecule has 1 atom stereocenters. The third kappa shape index (κ3) is 2.47. The van der Waals surface area contributed by atoms with Gasteiger partial charge in [-0.15, -0.1) is 11.3 Å². The number of thiazole rings is 1. The van der Waals surface area contributed by atoms with Crippen LogP contribution >= 0.6 is 11.3 Å². The van der Waals surface area contributed by atoms with Gasteiger partial charge in [-0.1, -0.05) is 36.8 Å². The quantitative estimate of drug-likeness (QED) is 0.905. The summed E-state index contributed by atoms with van der Waals surface area (Å²) in [5, 5.41) is 1.03. The Morgan fingerprint density at radius 1 is 1.22 bits per heavy atom. The molecule has 0 saturated heterocycles. The highest BCUT2D eigenvalue weighted by Crippen LogP contribution is 2.33. The van der Waals surface area contributed by atoms with E-state index < -0.39 is 0 Å². The predicted molar refractivity (Wildman–Crippen MR) is 78.9 cm³/mol. The van der Waals surface area contributed by atoms with Gasteiger partial charge in [-0.3, -0.25) is 0 Å². The molecule has 0 aliphatic rings. The largest absolute Gasteiger partial charge is 0.320 e. The van der Waals surface area contributed by atoms with Crippen molar-refractivity contribution in [2.45, 2.75) is 39.7 Å². The van der Waals surface area contributed by atoms with Gasteiger partial charge in [0.05, 0.1) is 11.2 Å². The molecular weight excluding hydrogens is 240 g/mol. The molecule has 0 fully saturated rings. The molecule has 2 nitrogen and oxygen atoms in total. The number of nitrogens with zero attached hydrogens (tertiary/aromatic N) is 1. The van der Waals surface area contributed by atoms with Crippen molar-refractivity contribution >= 4 is 11.3 Å². The van der Waals surface area contributed by atoms with Crippen LogP contribution in [0.2, 0.25) is 0 Å². The summed E-state index contributed by atoms with van der Waals surface area (Å²) >= 11 is 1.71. The summed E-state index contributed by atoms with van der Waals surface area (Å²) in [6.07, 6.45) is 0.896. The molecule has 96 valence electrons. The second kappa shape index (κ2) is 4.82. The summed E-state index contributed by atoms with van der Waals surface area (Å²) in [5.74, 6) is 0. The lowest BCUT2D eigenvalue weighted by molar-refractivity contribution is 0.474. The number of nitrogens with two attached hydrogens (primary N) is 1. The molecule has 1 unspecified atom stereocenters. The van der Waals surface area contributed by atoms with Crippen LogP contribution in [-0.2, 0) is 5.54 Å². The minimum absolute atomic E-state index is 0.321. The van der Waals surface area contributed by atoms with Crippen LogP contribution in [0.1, 0.15) is 35.7 Å². The van der Waals surface area contributed by atoms with Crippen molar-refractivity contribution in [3.8, 4) is 11.3 Å². The molecule has 2 rings (SSSR count). The predicted octanol–water partition coefficient (Wildman–Crippen LogP) is 4.01. The van der Waals surface area contributed by atoms with Gasteiger partial charge in [0.2, 0.25) is 0 Å². The zero-order valence-corrected chi connectivity index (χ0v) is 12.3. The van der Waals surface area contributed by atoms with Crippen molar-refractivity contribution in [1.82, 2.24) is 4.98 Å². The van der Waals surface area contributed by atoms with Gasteiger partial charge in [0.1, 0.15) is 5.01 Å². The van der Waals surface area contributed by atoms with E-state index in [0.717, 1.165) is 17.1 Å². The number of hydrogen-bond donors (Lipinski definition) is 1. The van der Waals surface area contributed by atoms with E-state index in [0.29, 0.717) is 0 Å². The molecule has 2 aromatic rings. The third-order valence-electron chi connectivity index (χ3n) is 3.34. The molecule has 0 amide bonds. The molecule has 0 aliphatic heterocycles. The van der Waals surface area contributed by atoms with E-state index >= 15 is 0 Å². The standard InChI is InChI=1S/C15H20N2S/c1-5-15(4,16)14-17-13(11(3)18-14)12-8-6-10(2)7-9-12/h6-9H,5,16H2,1-4H3. The van der Waals surface area contributed by atoms with Crippen LogP contribution < -0.4 is 5.73 Å². The Balaban J connectivity index is 2.44. The van der Waals surface area contributed by atoms with Gasteiger partial charge in [0.15, 0.2) is 0 Å². The molecule has 1 heterocycles. The van der Waals surface area contributed by atoms with Gasteiger partial charge < -0.3 is 5.73 Å². The van der Waals surface area contributed by atoms with E-state index in [1.807, 2.05) is 6.92 Å². The molecule has 0 spiro atoms. The van der Waals surface area contributed by atoms with E-state index in [9.17, 15) is 0 Å². The van der Waals surface area contributed by atoms with Crippen molar-refractivity contribution in [1.29, 1.82) is 0 Å². The highest BCUT2D eigenvalue weighted by Gasteiger charge is 2.24. The average Bonchev–Trinajstić information content (AvgIpc) is 2.73. The van der Waals surface area contributed by atoms with Crippen molar-refractivity contribution in [3.05, 3.63) is 39.7 Å². The summed E-state index contributed by atoms with van der Waals surface area (Å²) in [7, 11) is 0. The summed E-state index contributed by atoms with van der Waals surface area (Å²) in [5.41, 5.74) is 9.46. The summed E-state index contributed by atoms with van der Waals surface area (Å²) < 4.78 is 0. The Kier molecular flexibility index (Phi) is 3.55. The second-order valence-corrected chi connectivity index (χ2v) is 6.26. The minimum atomic E-state index is -0.321. The number of aryl methyl sites for hydroxylation is 2. The van der Waals surface area contributed by atoms with Crippen LogP contribution in [0.25, 0.3) is 11.3 Å². The first-order chi connectivity index (χ1) is 8.44. The number of hydrogen-bond acceptors (Lipinski definition) is 3. The molecule has 3 heteroatoms. The normalized spacial score (nSPS) is 14.5. The SMILES string of the molecule is CCC(C)(N)c1nc(-c2ccc(C)cc2)c(C)s1. The van der Waals surface area contributed by atoms with E-state index in [2.05, 4.69) is 45.0 Å². The van der Waals surface area contributed by atoms with Crippen LogP contribution in [0, 0.1) is 13.8 Å². The van der Waals surface area contributed by atoms with Crippen molar-refractivity contribution in [2.24, 2.45) is 5.73 Å². The maximum absolute atomic E-state index is 6.27. The highest BCUT2D eigenvalue weighted by molar-refractivity contribution is 7.12. The van der Waals surface area contributed by atoms with Gasteiger partial charge in [0.25, 0.3) is 0 Å². The fourth-order valence-corrected chi connectivity index (χ4v) is 2.84. The van der Waals surface area contributed by atoms with Gasteiger partial charge in [-0.2, -0.15) is 0 Å². The zero-order chi connectivity index (χ0) is 13.3. The lowest BCUT2D eigenvalue weighted by Crippen LogP contribution is -2.31. The Hall–Kier alpha value is -1.19. The Morgan fingerprint density at radius 3 is 2.39 bits per heavy atom. The zero-order valence-electron chi connectivity index (χ0n) is 11.4. The van der Waals surface area contributed by atoms with E-state index in [-0.39, 0.29) is 5.54 Å². The highest BCUT2D eigenvalue weighted by atomic mass is 32.1. The number of aromatic nitrogens is 1. The van der Waals surface area contributed by atoms with Crippen molar-refractivity contribution in [3.63, 3.8) is 0 Å². The lowest BCUT2D eigenvalue weighted by Gasteiger charge is -2.18. The average molecular weight is 260 g/mol. The van der Waals surface area contributed by atoms with Gasteiger partial charge in [-0.25, -0.2) is 4.98 Å². The first kappa shape index (κ1) is 13.2. The van der Waals surface area contributed by atoms with E-state index in [1.165, 1.54) is 16.0 Å². The molecule has 0 bridgehead atoms.